The summed E-state index contributed by atoms with van der Waals surface area (Å²) < 4.78 is 24.0. The van der Waals surface area contributed by atoms with Crippen molar-refractivity contribution < 1.29 is 18.9 Å². The van der Waals surface area contributed by atoms with Crippen LogP contribution in [0.2, 0.25) is 0 Å². The molecular formula is C14H20O4. The highest BCUT2D eigenvalue weighted by Crippen LogP contribution is 2.64. The first-order chi connectivity index (χ1) is 8.59. The SMILES string of the molecule is CC1=C[C@]23CCCC4(OCCO4)[C@@]2(C)C[C@H](O1)O3. The van der Waals surface area contributed by atoms with Crippen LogP contribution in [-0.4, -0.2) is 30.9 Å². The Bertz CT molecular complexity index is 412. The Labute approximate surface area is 107 Å². The molecule has 0 N–H and O–H groups in total. The van der Waals surface area contributed by atoms with E-state index in [1.807, 2.05) is 6.92 Å². The summed E-state index contributed by atoms with van der Waals surface area (Å²) in [4.78, 5) is 0. The van der Waals surface area contributed by atoms with E-state index in [0.717, 1.165) is 31.4 Å². The minimum atomic E-state index is -0.468. The van der Waals surface area contributed by atoms with Crippen LogP contribution in [0.4, 0.5) is 0 Å². The van der Waals surface area contributed by atoms with E-state index in [-0.39, 0.29) is 17.3 Å². The van der Waals surface area contributed by atoms with Gasteiger partial charge in [-0.1, -0.05) is 6.92 Å². The van der Waals surface area contributed by atoms with Crippen molar-refractivity contribution in [1.82, 2.24) is 0 Å². The molecular weight excluding hydrogens is 232 g/mol. The fourth-order valence-corrected chi connectivity index (χ4v) is 4.40. The van der Waals surface area contributed by atoms with Crippen molar-refractivity contribution >= 4 is 0 Å². The molecule has 0 aromatic heterocycles. The Morgan fingerprint density at radius 3 is 2.78 bits per heavy atom. The minimum Gasteiger partial charge on any atom is -0.470 e. The van der Waals surface area contributed by atoms with Crippen LogP contribution in [0.5, 0.6) is 0 Å². The van der Waals surface area contributed by atoms with Crippen LogP contribution in [0.1, 0.15) is 39.5 Å². The van der Waals surface area contributed by atoms with Gasteiger partial charge in [-0.05, 0) is 25.8 Å². The molecule has 0 aromatic rings. The van der Waals surface area contributed by atoms with Crippen molar-refractivity contribution in [3.63, 3.8) is 0 Å². The highest BCUT2D eigenvalue weighted by atomic mass is 16.8. The Balaban J connectivity index is 1.85. The predicted molar refractivity (Wildman–Crippen MR) is 63.7 cm³/mol. The zero-order valence-electron chi connectivity index (χ0n) is 11.0. The second kappa shape index (κ2) is 3.30. The molecule has 100 valence electrons. The quantitative estimate of drug-likeness (QED) is 0.663. The van der Waals surface area contributed by atoms with Crippen molar-refractivity contribution in [1.29, 1.82) is 0 Å². The molecule has 2 spiro atoms. The Kier molecular flexibility index (Phi) is 2.06. The highest BCUT2D eigenvalue weighted by molar-refractivity contribution is 5.25. The molecule has 0 unspecified atom stereocenters. The summed E-state index contributed by atoms with van der Waals surface area (Å²) in [6.45, 7) is 5.65. The molecule has 3 aliphatic heterocycles. The van der Waals surface area contributed by atoms with E-state index in [9.17, 15) is 0 Å². The van der Waals surface area contributed by atoms with Gasteiger partial charge in [-0.3, -0.25) is 0 Å². The molecule has 2 saturated heterocycles. The van der Waals surface area contributed by atoms with Gasteiger partial charge >= 0.3 is 0 Å². The van der Waals surface area contributed by atoms with Gasteiger partial charge in [0.05, 0.1) is 24.4 Å². The fourth-order valence-electron chi connectivity index (χ4n) is 4.40. The summed E-state index contributed by atoms with van der Waals surface area (Å²) >= 11 is 0. The van der Waals surface area contributed by atoms with Gasteiger partial charge in [-0.25, -0.2) is 0 Å². The van der Waals surface area contributed by atoms with Crippen molar-refractivity contribution in [3.05, 3.63) is 11.8 Å². The fraction of sp³-hybridized carbons (Fsp3) is 0.857. The first-order valence-electron chi connectivity index (χ1n) is 6.91. The average Bonchev–Trinajstić information content (AvgIpc) is 2.83. The maximum absolute atomic E-state index is 6.19. The van der Waals surface area contributed by atoms with Gasteiger partial charge in [-0.15, -0.1) is 0 Å². The van der Waals surface area contributed by atoms with E-state index >= 15 is 0 Å². The number of rotatable bonds is 0. The normalized spacial score (nSPS) is 48.8. The number of fused-ring (bicyclic) bond motifs is 2. The van der Waals surface area contributed by atoms with E-state index in [2.05, 4.69) is 13.0 Å². The summed E-state index contributed by atoms with van der Waals surface area (Å²) in [6.07, 6.45) is 5.95. The minimum absolute atomic E-state index is 0.136. The Hall–Kier alpha value is -0.580. The summed E-state index contributed by atoms with van der Waals surface area (Å²) in [5.41, 5.74) is -0.403. The molecule has 4 aliphatic rings. The standard InChI is InChI=1S/C14H20O4/c1-10-8-13-4-3-5-14(15-6-7-16-14)12(13,2)9-11(17-10)18-13/h8,11H,3-7,9H2,1-2H3/t11-,12+,13-/m1/s1. The summed E-state index contributed by atoms with van der Waals surface area (Å²) in [7, 11) is 0. The summed E-state index contributed by atoms with van der Waals surface area (Å²) in [5, 5.41) is 0. The van der Waals surface area contributed by atoms with Crippen LogP contribution >= 0.6 is 0 Å². The third-order valence-electron chi connectivity index (χ3n) is 5.25. The molecule has 0 amide bonds. The van der Waals surface area contributed by atoms with E-state index < -0.39 is 5.79 Å². The zero-order valence-corrected chi connectivity index (χ0v) is 11.0. The molecule has 3 heterocycles. The molecule has 1 aliphatic carbocycles. The van der Waals surface area contributed by atoms with Gasteiger partial charge in [0.25, 0.3) is 0 Å². The monoisotopic (exact) mass is 252 g/mol. The molecule has 2 bridgehead atoms. The lowest BCUT2D eigenvalue weighted by atomic mass is 9.60. The lowest BCUT2D eigenvalue weighted by molar-refractivity contribution is -0.285. The lowest BCUT2D eigenvalue weighted by Crippen LogP contribution is -2.61. The van der Waals surface area contributed by atoms with Crippen LogP contribution < -0.4 is 0 Å². The number of ether oxygens (including phenoxy) is 4. The van der Waals surface area contributed by atoms with Crippen molar-refractivity contribution in [3.8, 4) is 0 Å². The number of allylic oxidation sites excluding steroid dienone is 1. The van der Waals surface area contributed by atoms with E-state index in [0.29, 0.717) is 13.2 Å². The van der Waals surface area contributed by atoms with Crippen LogP contribution in [0.15, 0.2) is 11.8 Å². The lowest BCUT2D eigenvalue weighted by Gasteiger charge is -2.53. The largest absolute Gasteiger partial charge is 0.470 e. The summed E-state index contributed by atoms with van der Waals surface area (Å²) in [6, 6.07) is 0. The first-order valence-corrected chi connectivity index (χ1v) is 6.91. The van der Waals surface area contributed by atoms with Crippen LogP contribution in [0.25, 0.3) is 0 Å². The smallest absolute Gasteiger partial charge is 0.201 e. The van der Waals surface area contributed by atoms with Gasteiger partial charge in [0.2, 0.25) is 6.29 Å². The molecule has 18 heavy (non-hydrogen) atoms. The van der Waals surface area contributed by atoms with Gasteiger partial charge < -0.3 is 18.9 Å². The number of hydrogen-bond acceptors (Lipinski definition) is 4. The van der Waals surface area contributed by atoms with E-state index in [4.69, 9.17) is 18.9 Å². The Morgan fingerprint density at radius 2 is 2.00 bits per heavy atom. The van der Waals surface area contributed by atoms with E-state index in [1.165, 1.54) is 0 Å². The number of hydrogen-bond donors (Lipinski definition) is 0. The third kappa shape index (κ3) is 1.12. The van der Waals surface area contributed by atoms with Crippen LogP contribution in [-0.2, 0) is 18.9 Å². The van der Waals surface area contributed by atoms with Crippen molar-refractivity contribution in [2.45, 2.75) is 57.2 Å². The first kappa shape index (κ1) is 11.3. The molecule has 4 heteroatoms. The van der Waals surface area contributed by atoms with Gasteiger partial charge in [0.15, 0.2) is 5.79 Å². The highest BCUT2D eigenvalue weighted by Gasteiger charge is 2.71. The zero-order chi connectivity index (χ0) is 12.4. The van der Waals surface area contributed by atoms with Crippen molar-refractivity contribution in [2.24, 2.45) is 5.41 Å². The second-order valence-corrected chi connectivity index (χ2v) is 6.15. The molecule has 3 atom stereocenters. The third-order valence-corrected chi connectivity index (χ3v) is 5.25. The molecule has 1 saturated carbocycles. The second-order valence-electron chi connectivity index (χ2n) is 6.15. The average molecular weight is 252 g/mol. The molecule has 3 fully saturated rings. The molecule has 4 rings (SSSR count). The van der Waals surface area contributed by atoms with Gasteiger partial charge in [0, 0.05) is 12.8 Å². The Morgan fingerprint density at radius 1 is 1.22 bits per heavy atom. The summed E-state index contributed by atoms with van der Waals surface area (Å²) in [5.74, 6) is 0.509. The maximum atomic E-state index is 6.19. The maximum Gasteiger partial charge on any atom is 0.201 e. The van der Waals surface area contributed by atoms with Gasteiger partial charge in [-0.2, -0.15) is 0 Å². The molecule has 4 nitrogen and oxygen atoms in total. The van der Waals surface area contributed by atoms with E-state index in [1.54, 1.807) is 0 Å². The van der Waals surface area contributed by atoms with Crippen LogP contribution in [0.3, 0.4) is 0 Å². The molecule has 0 aromatic carbocycles. The topological polar surface area (TPSA) is 36.9 Å². The van der Waals surface area contributed by atoms with Crippen molar-refractivity contribution in [2.75, 3.05) is 13.2 Å². The predicted octanol–water partition coefficient (Wildman–Crippen LogP) is 2.34. The van der Waals surface area contributed by atoms with Crippen LogP contribution in [0, 0.1) is 5.41 Å². The van der Waals surface area contributed by atoms with Gasteiger partial charge in [0.1, 0.15) is 5.60 Å². The molecule has 0 radical (unpaired) electrons.